The molecule has 21 heavy (non-hydrogen) atoms. The summed E-state index contributed by atoms with van der Waals surface area (Å²) in [5.41, 5.74) is 8.23. The lowest BCUT2D eigenvalue weighted by molar-refractivity contribution is 0.567. The van der Waals surface area contributed by atoms with E-state index in [4.69, 9.17) is 5.73 Å². The molecule has 1 aromatic rings. The van der Waals surface area contributed by atoms with E-state index in [-0.39, 0.29) is 5.41 Å². The number of hydrogen-bond acceptors (Lipinski definition) is 5. The number of rotatable bonds is 2. The van der Waals surface area contributed by atoms with Crippen LogP contribution < -0.4 is 5.73 Å². The number of hydrogen-bond donors (Lipinski definition) is 1. The second kappa shape index (κ2) is 5.26. The van der Waals surface area contributed by atoms with Gasteiger partial charge in [-0.05, 0) is 24.5 Å². The molecule has 114 valence electrons. The average molecular weight is 307 g/mol. The van der Waals surface area contributed by atoms with Crippen molar-refractivity contribution in [3.63, 3.8) is 0 Å². The Kier molecular flexibility index (Phi) is 3.93. The van der Waals surface area contributed by atoms with Gasteiger partial charge in [0.05, 0.1) is 17.6 Å². The van der Waals surface area contributed by atoms with Gasteiger partial charge in [0.2, 0.25) is 0 Å². The zero-order chi connectivity index (χ0) is 15.8. The minimum absolute atomic E-state index is 0.184. The molecule has 0 saturated carbocycles. The number of aromatic nitrogens is 2. The zero-order valence-corrected chi connectivity index (χ0v) is 13.7. The topological polar surface area (TPSA) is 85.9 Å². The molecule has 0 atom stereocenters. The first-order chi connectivity index (χ1) is 9.59. The standard InChI is InChI=1S/C15H21N3O2S/c1-15(2,3)13-14(16)17-9-12(18-13)10-5-7-11(8-6-10)21(4,19)20/h5,7,9H,6,8H2,1-4H3,(H2,16,17). The molecule has 5 nitrogen and oxygen atoms in total. The highest BCUT2D eigenvalue weighted by atomic mass is 32.2. The van der Waals surface area contributed by atoms with Gasteiger partial charge >= 0.3 is 0 Å². The summed E-state index contributed by atoms with van der Waals surface area (Å²) >= 11 is 0. The normalized spacial score (nSPS) is 16.4. The Morgan fingerprint density at radius 2 is 1.86 bits per heavy atom. The summed E-state index contributed by atoms with van der Waals surface area (Å²) in [5, 5.41) is 0. The van der Waals surface area contributed by atoms with Gasteiger partial charge in [0.25, 0.3) is 0 Å². The fraction of sp³-hybridized carbons (Fsp3) is 0.467. The fourth-order valence-electron chi connectivity index (χ4n) is 2.25. The monoisotopic (exact) mass is 307 g/mol. The molecule has 1 heterocycles. The predicted molar refractivity (Wildman–Crippen MR) is 85.3 cm³/mol. The quantitative estimate of drug-likeness (QED) is 0.907. The smallest absolute Gasteiger partial charge is 0.171 e. The lowest BCUT2D eigenvalue weighted by Gasteiger charge is -2.21. The zero-order valence-electron chi connectivity index (χ0n) is 12.8. The molecule has 1 aliphatic rings. The molecule has 2 N–H and O–H groups in total. The molecule has 1 aliphatic carbocycles. The Morgan fingerprint density at radius 1 is 1.19 bits per heavy atom. The molecule has 0 spiro atoms. The van der Waals surface area contributed by atoms with Crippen molar-refractivity contribution in [3.8, 4) is 0 Å². The first kappa shape index (κ1) is 15.7. The van der Waals surface area contributed by atoms with Crippen LogP contribution in [0.2, 0.25) is 0 Å². The Balaban J connectivity index is 2.41. The van der Waals surface area contributed by atoms with E-state index >= 15 is 0 Å². The summed E-state index contributed by atoms with van der Waals surface area (Å²) in [6.45, 7) is 6.11. The van der Waals surface area contributed by atoms with Crippen molar-refractivity contribution in [2.75, 3.05) is 12.0 Å². The van der Waals surface area contributed by atoms with Crippen LogP contribution in [0.15, 0.2) is 23.3 Å². The number of nitrogen functional groups attached to an aromatic ring is 1. The van der Waals surface area contributed by atoms with Gasteiger partial charge in [-0.2, -0.15) is 0 Å². The van der Waals surface area contributed by atoms with Gasteiger partial charge in [0.1, 0.15) is 5.82 Å². The molecule has 0 amide bonds. The molecule has 0 fully saturated rings. The van der Waals surface area contributed by atoms with Crippen LogP contribution in [-0.2, 0) is 15.3 Å². The third kappa shape index (κ3) is 3.50. The van der Waals surface area contributed by atoms with E-state index in [2.05, 4.69) is 9.97 Å². The Bertz CT molecular complexity index is 726. The third-order valence-corrected chi connectivity index (χ3v) is 4.72. The highest BCUT2D eigenvalue weighted by Crippen LogP contribution is 2.30. The summed E-state index contributed by atoms with van der Waals surface area (Å²) in [5.74, 6) is 0.440. The van der Waals surface area contributed by atoms with Crippen LogP contribution in [0.3, 0.4) is 0 Å². The van der Waals surface area contributed by atoms with Gasteiger partial charge in [-0.3, -0.25) is 0 Å². The van der Waals surface area contributed by atoms with E-state index in [1.807, 2.05) is 26.8 Å². The van der Waals surface area contributed by atoms with Gasteiger partial charge in [-0.25, -0.2) is 18.4 Å². The van der Waals surface area contributed by atoms with E-state index < -0.39 is 9.84 Å². The van der Waals surface area contributed by atoms with Crippen LogP contribution in [0, 0.1) is 0 Å². The molecule has 1 aromatic heterocycles. The molecule has 0 bridgehead atoms. The van der Waals surface area contributed by atoms with E-state index in [1.54, 1.807) is 12.3 Å². The number of nitrogens with two attached hydrogens (primary N) is 1. The maximum Gasteiger partial charge on any atom is 0.171 e. The number of nitrogens with zero attached hydrogens (tertiary/aromatic N) is 2. The highest BCUT2D eigenvalue weighted by molar-refractivity contribution is 7.94. The van der Waals surface area contributed by atoms with Crippen molar-refractivity contribution in [2.45, 2.75) is 39.0 Å². The molecule has 0 aliphatic heterocycles. The molecular weight excluding hydrogens is 286 g/mol. The third-order valence-electron chi connectivity index (χ3n) is 3.43. The van der Waals surface area contributed by atoms with Crippen LogP contribution in [0.1, 0.15) is 45.0 Å². The van der Waals surface area contributed by atoms with Crippen LogP contribution in [0.4, 0.5) is 5.82 Å². The molecule has 0 aromatic carbocycles. The highest BCUT2D eigenvalue weighted by Gasteiger charge is 2.22. The van der Waals surface area contributed by atoms with Crippen molar-refractivity contribution in [1.82, 2.24) is 9.97 Å². The minimum Gasteiger partial charge on any atom is -0.382 e. The minimum atomic E-state index is -3.11. The van der Waals surface area contributed by atoms with E-state index in [1.165, 1.54) is 6.26 Å². The van der Waals surface area contributed by atoms with Crippen molar-refractivity contribution in [1.29, 1.82) is 0 Å². The molecular formula is C15H21N3O2S. The first-order valence-corrected chi connectivity index (χ1v) is 8.71. The maximum atomic E-state index is 11.5. The average Bonchev–Trinajstić information content (AvgIpc) is 2.37. The second-order valence-corrected chi connectivity index (χ2v) is 8.40. The largest absolute Gasteiger partial charge is 0.382 e. The van der Waals surface area contributed by atoms with Crippen molar-refractivity contribution in [2.24, 2.45) is 0 Å². The number of sulfone groups is 1. The van der Waals surface area contributed by atoms with Crippen molar-refractivity contribution >= 4 is 21.2 Å². The number of anilines is 1. The summed E-state index contributed by atoms with van der Waals surface area (Å²) in [4.78, 5) is 9.31. The van der Waals surface area contributed by atoms with Crippen LogP contribution in [-0.4, -0.2) is 24.6 Å². The van der Waals surface area contributed by atoms with Gasteiger partial charge in [0, 0.05) is 16.6 Å². The van der Waals surface area contributed by atoms with E-state index in [0.717, 1.165) is 17.0 Å². The van der Waals surface area contributed by atoms with E-state index in [9.17, 15) is 8.42 Å². The Morgan fingerprint density at radius 3 is 2.33 bits per heavy atom. The van der Waals surface area contributed by atoms with Gasteiger partial charge < -0.3 is 5.73 Å². The predicted octanol–water partition coefficient (Wildman–Crippen LogP) is 2.46. The lowest BCUT2D eigenvalue weighted by atomic mass is 9.91. The van der Waals surface area contributed by atoms with Crippen LogP contribution >= 0.6 is 0 Å². The van der Waals surface area contributed by atoms with Crippen molar-refractivity contribution < 1.29 is 8.42 Å². The summed E-state index contributed by atoms with van der Waals surface area (Å²) in [6.07, 6.45) is 7.49. The number of allylic oxidation sites excluding steroid dienone is 4. The fourth-order valence-corrected chi connectivity index (χ4v) is 3.03. The van der Waals surface area contributed by atoms with Crippen LogP contribution in [0.5, 0.6) is 0 Å². The Labute approximate surface area is 125 Å². The molecule has 0 unspecified atom stereocenters. The SMILES string of the molecule is CC(C)(C)c1nc(C2=CC=C(S(C)(=O)=O)CC2)cnc1N. The maximum absolute atomic E-state index is 11.5. The molecule has 2 rings (SSSR count). The Hall–Kier alpha value is -1.69. The van der Waals surface area contributed by atoms with Crippen molar-refractivity contribution in [3.05, 3.63) is 34.6 Å². The lowest BCUT2D eigenvalue weighted by Crippen LogP contribution is -2.18. The summed E-state index contributed by atoms with van der Waals surface area (Å²) in [6, 6.07) is 0. The molecule has 6 heteroatoms. The molecule has 0 saturated heterocycles. The van der Waals surface area contributed by atoms with Gasteiger partial charge in [0.15, 0.2) is 9.84 Å². The molecule has 0 radical (unpaired) electrons. The van der Waals surface area contributed by atoms with Gasteiger partial charge in [-0.1, -0.05) is 26.8 Å². The summed E-state index contributed by atoms with van der Waals surface area (Å²) in [7, 11) is -3.11. The van der Waals surface area contributed by atoms with Crippen LogP contribution in [0.25, 0.3) is 5.57 Å². The second-order valence-electron chi connectivity index (χ2n) is 6.34. The van der Waals surface area contributed by atoms with E-state index in [0.29, 0.717) is 23.6 Å². The van der Waals surface area contributed by atoms with Gasteiger partial charge in [-0.15, -0.1) is 0 Å². The first-order valence-electron chi connectivity index (χ1n) is 6.82. The summed E-state index contributed by atoms with van der Waals surface area (Å²) < 4.78 is 23.0.